The van der Waals surface area contributed by atoms with Crippen LogP contribution in [0.3, 0.4) is 0 Å². The first kappa shape index (κ1) is 22.4. The Morgan fingerprint density at radius 3 is 2.38 bits per heavy atom. The number of nitro benzene ring substituents is 1. The van der Waals surface area contributed by atoms with Crippen LogP contribution >= 0.6 is 0 Å². The Morgan fingerprint density at radius 2 is 1.79 bits per heavy atom. The van der Waals surface area contributed by atoms with Crippen molar-refractivity contribution in [2.45, 2.75) is 38.8 Å². The van der Waals surface area contributed by atoms with Crippen LogP contribution in [0.4, 0.5) is 11.4 Å². The first-order chi connectivity index (χ1) is 13.6. The third kappa shape index (κ3) is 6.28. The average molecular weight is 420 g/mol. The maximum absolute atomic E-state index is 12.7. The highest BCUT2D eigenvalue weighted by atomic mass is 32.2. The van der Waals surface area contributed by atoms with Crippen LogP contribution in [0.25, 0.3) is 0 Å². The van der Waals surface area contributed by atoms with Crippen molar-refractivity contribution >= 4 is 27.3 Å². The Bertz CT molecular complexity index is 963. The summed E-state index contributed by atoms with van der Waals surface area (Å²) in [5.74, 6) is -0.470. The van der Waals surface area contributed by atoms with Gasteiger partial charge < -0.3 is 5.32 Å². The van der Waals surface area contributed by atoms with Crippen LogP contribution in [0.1, 0.15) is 25.8 Å². The summed E-state index contributed by atoms with van der Waals surface area (Å²) in [6, 6.07) is 13.8. The number of carbonyl (C=O) groups is 1. The predicted molar refractivity (Wildman–Crippen MR) is 112 cm³/mol. The molecule has 8 nitrogen and oxygen atoms in total. The van der Waals surface area contributed by atoms with Crippen molar-refractivity contribution in [2.24, 2.45) is 0 Å². The minimum absolute atomic E-state index is 0.0706. The van der Waals surface area contributed by atoms with Gasteiger partial charge in [0.1, 0.15) is 6.04 Å². The Hall–Kier alpha value is -2.94. The van der Waals surface area contributed by atoms with Crippen molar-refractivity contribution < 1.29 is 18.1 Å². The number of hydrogen-bond acceptors (Lipinski definition) is 5. The Kier molecular flexibility index (Phi) is 7.33. The van der Waals surface area contributed by atoms with Crippen molar-refractivity contribution in [2.75, 3.05) is 10.6 Å². The quantitative estimate of drug-likeness (QED) is 0.496. The number of nitro groups is 1. The molecule has 0 bridgehead atoms. The average Bonchev–Trinajstić information content (AvgIpc) is 2.66. The molecule has 156 valence electrons. The molecule has 0 saturated carbocycles. The van der Waals surface area contributed by atoms with Crippen molar-refractivity contribution in [3.05, 3.63) is 70.3 Å². The molecule has 0 radical (unpaired) electrons. The van der Waals surface area contributed by atoms with Gasteiger partial charge in [0, 0.05) is 18.2 Å². The number of nitrogens with one attached hydrogen (secondary N) is 1. The van der Waals surface area contributed by atoms with E-state index in [4.69, 9.17) is 0 Å². The summed E-state index contributed by atoms with van der Waals surface area (Å²) in [6.45, 7) is 3.31. The van der Waals surface area contributed by atoms with E-state index in [1.54, 1.807) is 0 Å². The van der Waals surface area contributed by atoms with E-state index < -0.39 is 26.9 Å². The first-order valence-electron chi connectivity index (χ1n) is 9.17. The van der Waals surface area contributed by atoms with Gasteiger partial charge >= 0.3 is 0 Å². The largest absolute Gasteiger partial charge is 0.352 e. The van der Waals surface area contributed by atoms with Gasteiger partial charge in [0.2, 0.25) is 15.9 Å². The van der Waals surface area contributed by atoms with E-state index in [1.807, 2.05) is 37.3 Å². The number of amides is 1. The maximum Gasteiger partial charge on any atom is 0.271 e. The van der Waals surface area contributed by atoms with E-state index >= 15 is 0 Å². The molecule has 0 saturated heterocycles. The second-order valence-corrected chi connectivity index (χ2v) is 8.81. The molecular weight excluding hydrogens is 394 g/mol. The van der Waals surface area contributed by atoms with Crippen LogP contribution in [0, 0.1) is 10.1 Å². The number of anilines is 1. The molecule has 0 spiro atoms. The minimum Gasteiger partial charge on any atom is -0.352 e. The maximum atomic E-state index is 12.7. The van der Waals surface area contributed by atoms with E-state index in [9.17, 15) is 23.3 Å². The minimum atomic E-state index is -3.85. The van der Waals surface area contributed by atoms with E-state index in [-0.39, 0.29) is 17.4 Å². The monoisotopic (exact) mass is 419 g/mol. The van der Waals surface area contributed by atoms with E-state index in [1.165, 1.54) is 25.1 Å². The van der Waals surface area contributed by atoms with E-state index in [2.05, 4.69) is 5.32 Å². The SMILES string of the molecule is CC(CCc1ccccc1)NC(=O)C(C)N(c1cccc([N+](=O)[O-])c1)S(C)(=O)=O. The third-order valence-electron chi connectivity index (χ3n) is 4.48. The van der Waals surface area contributed by atoms with Crippen LogP contribution in [0.5, 0.6) is 0 Å². The molecule has 2 aromatic rings. The number of rotatable bonds is 9. The standard InChI is InChI=1S/C20H25N3O5S/c1-15(12-13-17-8-5-4-6-9-17)21-20(24)16(2)22(29(3,27)28)18-10-7-11-19(14-18)23(25)26/h4-11,14-16H,12-13H2,1-3H3,(H,21,24). The van der Waals surface area contributed by atoms with Gasteiger partial charge in [0.05, 0.1) is 16.9 Å². The normalized spacial score (nSPS) is 13.3. The number of benzene rings is 2. The number of sulfonamides is 1. The molecule has 2 unspecified atom stereocenters. The Balaban J connectivity index is 2.12. The fraction of sp³-hybridized carbons (Fsp3) is 0.350. The smallest absolute Gasteiger partial charge is 0.271 e. The van der Waals surface area contributed by atoms with Crippen LogP contribution in [0.15, 0.2) is 54.6 Å². The van der Waals surface area contributed by atoms with Gasteiger partial charge in [-0.15, -0.1) is 0 Å². The number of carbonyl (C=O) groups excluding carboxylic acids is 1. The molecule has 0 aliphatic rings. The predicted octanol–water partition coefficient (Wildman–Crippen LogP) is 2.89. The number of non-ortho nitro benzene ring substituents is 1. The van der Waals surface area contributed by atoms with Crippen LogP contribution < -0.4 is 9.62 Å². The van der Waals surface area contributed by atoms with Gasteiger partial charge in [-0.1, -0.05) is 36.4 Å². The van der Waals surface area contributed by atoms with E-state index in [0.29, 0.717) is 6.42 Å². The lowest BCUT2D eigenvalue weighted by Crippen LogP contribution is -2.50. The van der Waals surface area contributed by atoms with Gasteiger partial charge in [-0.3, -0.25) is 19.2 Å². The molecule has 0 fully saturated rings. The molecule has 0 heterocycles. The van der Waals surface area contributed by atoms with Crippen molar-refractivity contribution in [1.29, 1.82) is 0 Å². The fourth-order valence-electron chi connectivity index (χ4n) is 3.02. The molecular formula is C20H25N3O5S. The van der Waals surface area contributed by atoms with Gasteiger partial charge in [-0.2, -0.15) is 0 Å². The Morgan fingerprint density at radius 1 is 1.14 bits per heavy atom. The summed E-state index contributed by atoms with van der Waals surface area (Å²) in [5, 5.41) is 13.9. The summed E-state index contributed by atoms with van der Waals surface area (Å²) in [5.41, 5.74) is 0.970. The summed E-state index contributed by atoms with van der Waals surface area (Å²) >= 11 is 0. The number of hydrogen-bond donors (Lipinski definition) is 1. The second-order valence-electron chi connectivity index (χ2n) is 6.95. The fourth-order valence-corrected chi connectivity index (χ4v) is 4.18. The highest BCUT2D eigenvalue weighted by molar-refractivity contribution is 7.92. The molecule has 2 rings (SSSR count). The highest BCUT2D eigenvalue weighted by Gasteiger charge is 2.30. The molecule has 0 aromatic heterocycles. The molecule has 1 amide bonds. The first-order valence-corrected chi connectivity index (χ1v) is 11.0. The molecule has 9 heteroatoms. The number of nitrogens with zero attached hydrogens (tertiary/aromatic N) is 2. The Labute approximate surface area is 170 Å². The summed E-state index contributed by atoms with van der Waals surface area (Å²) in [7, 11) is -3.85. The van der Waals surface area contributed by atoms with Gasteiger partial charge in [0.25, 0.3) is 5.69 Å². The molecule has 0 aliphatic heterocycles. The second kappa shape index (κ2) is 9.51. The van der Waals surface area contributed by atoms with Crippen LogP contribution in [-0.4, -0.2) is 37.6 Å². The van der Waals surface area contributed by atoms with Crippen molar-refractivity contribution in [3.63, 3.8) is 0 Å². The summed E-state index contributed by atoms with van der Waals surface area (Å²) < 4.78 is 25.6. The van der Waals surface area contributed by atoms with Crippen molar-refractivity contribution in [3.8, 4) is 0 Å². The van der Waals surface area contributed by atoms with Crippen LogP contribution in [-0.2, 0) is 21.2 Å². The lowest BCUT2D eigenvalue weighted by atomic mass is 10.1. The summed E-state index contributed by atoms with van der Waals surface area (Å²) in [4.78, 5) is 23.1. The zero-order valence-electron chi connectivity index (χ0n) is 16.6. The lowest BCUT2D eigenvalue weighted by molar-refractivity contribution is -0.384. The molecule has 2 aromatic carbocycles. The van der Waals surface area contributed by atoms with Gasteiger partial charge in [-0.05, 0) is 38.3 Å². The molecule has 2 atom stereocenters. The zero-order valence-corrected chi connectivity index (χ0v) is 17.4. The van der Waals surface area contributed by atoms with Crippen LogP contribution in [0.2, 0.25) is 0 Å². The third-order valence-corrected chi connectivity index (χ3v) is 5.72. The zero-order chi connectivity index (χ0) is 21.6. The topological polar surface area (TPSA) is 110 Å². The van der Waals surface area contributed by atoms with Gasteiger partial charge in [0.15, 0.2) is 0 Å². The van der Waals surface area contributed by atoms with Crippen molar-refractivity contribution in [1.82, 2.24) is 5.32 Å². The molecule has 1 N–H and O–H groups in total. The molecule has 0 aliphatic carbocycles. The lowest BCUT2D eigenvalue weighted by Gasteiger charge is -2.29. The number of aryl methyl sites for hydroxylation is 1. The van der Waals surface area contributed by atoms with E-state index in [0.717, 1.165) is 28.6 Å². The summed E-state index contributed by atoms with van der Waals surface area (Å²) in [6.07, 6.45) is 2.43. The molecule has 29 heavy (non-hydrogen) atoms. The van der Waals surface area contributed by atoms with Gasteiger partial charge in [-0.25, -0.2) is 8.42 Å². The highest BCUT2D eigenvalue weighted by Crippen LogP contribution is 2.25.